The number of benzene rings is 2. The number of anilines is 1. The lowest BCUT2D eigenvalue weighted by molar-refractivity contribution is -0.111. The van der Waals surface area contributed by atoms with Crippen LogP contribution in [0.4, 0.5) is 5.69 Å². The number of hydrogen-bond acceptors (Lipinski definition) is 4. The Labute approximate surface area is 177 Å². The molecule has 0 bridgehead atoms. The topological polar surface area (TPSA) is 65.4 Å². The van der Waals surface area contributed by atoms with Gasteiger partial charge in [0, 0.05) is 23.4 Å². The van der Waals surface area contributed by atoms with Crippen molar-refractivity contribution in [3.63, 3.8) is 0 Å². The van der Waals surface area contributed by atoms with Gasteiger partial charge < -0.3 is 14.8 Å². The first-order chi connectivity index (χ1) is 14.4. The van der Waals surface area contributed by atoms with E-state index in [2.05, 4.69) is 41.6 Å². The fraction of sp³-hybridized carbons (Fsp3) is 0.250. The summed E-state index contributed by atoms with van der Waals surface area (Å²) in [5.41, 5.74) is 5.83. The quantitative estimate of drug-likeness (QED) is 0.587. The van der Waals surface area contributed by atoms with E-state index in [1.165, 1.54) is 17.2 Å². The molecule has 0 aliphatic heterocycles. The number of aromatic nitrogens is 2. The lowest BCUT2D eigenvalue weighted by Crippen LogP contribution is -2.09. The molecule has 0 aliphatic carbocycles. The smallest absolute Gasteiger partial charge is 0.248 e. The Morgan fingerprint density at radius 3 is 2.47 bits per heavy atom. The van der Waals surface area contributed by atoms with Gasteiger partial charge in [-0.25, -0.2) is 0 Å². The molecule has 0 fully saturated rings. The van der Waals surface area contributed by atoms with Gasteiger partial charge in [0.15, 0.2) is 0 Å². The van der Waals surface area contributed by atoms with E-state index in [4.69, 9.17) is 9.47 Å². The molecular weight excluding hydrogens is 378 g/mol. The van der Waals surface area contributed by atoms with E-state index in [-0.39, 0.29) is 5.91 Å². The van der Waals surface area contributed by atoms with Gasteiger partial charge in [0.1, 0.15) is 11.5 Å². The molecule has 1 amide bonds. The summed E-state index contributed by atoms with van der Waals surface area (Å²) >= 11 is 0. The summed E-state index contributed by atoms with van der Waals surface area (Å²) in [4.78, 5) is 12.4. The predicted molar refractivity (Wildman–Crippen MR) is 119 cm³/mol. The second-order valence-electron chi connectivity index (χ2n) is 7.12. The van der Waals surface area contributed by atoms with Crippen molar-refractivity contribution in [2.24, 2.45) is 0 Å². The average molecular weight is 405 g/mol. The van der Waals surface area contributed by atoms with Crippen LogP contribution in [0.15, 0.2) is 48.5 Å². The summed E-state index contributed by atoms with van der Waals surface area (Å²) in [5.74, 6) is 0.950. The minimum Gasteiger partial charge on any atom is -0.497 e. The van der Waals surface area contributed by atoms with Crippen molar-refractivity contribution in [1.82, 2.24) is 9.78 Å². The summed E-state index contributed by atoms with van der Waals surface area (Å²) < 4.78 is 12.5. The maximum absolute atomic E-state index is 12.4. The number of carbonyl (C=O) groups is 1. The molecule has 156 valence electrons. The van der Waals surface area contributed by atoms with E-state index in [0.717, 1.165) is 17.0 Å². The van der Waals surface area contributed by atoms with Crippen LogP contribution in [0.5, 0.6) is 11.5 Å². The zero-order chi connectivity index (χ0) is 21.7. The molecule has 3 aromatic rings. The number of carbonyl (C=O) groups excluding carboxylic acids is 1. The van der Waals surface area contributed by atoms with Gasteiger partial charge >= 0.3 is 0 Å². The molecule has 0 unspecified atom stereocenters. The first-order valence-corrected chi connectivity index (χ1v) is 9.72. The lowest BCUT2D eigenvalue weighted by atomic mass is 10.1. The second kappa shape index (κ2) is 9.31. The number of nitrogens with one attached hydrogen (secondary N) is 1. The molecule has 0 aliphatic rings. The van der Waals surface area contributed by atoms with Gasteiger partial charge in [-0.3, -0.25) is 9.48 Å². The Bertz CT molecular complexity index is 1070. The van der Waals surface area contributed by atoms with Crippen LogP contribution in [0.25, 0.3) is 6.08 Å². The summed E-state index contributed by atoms with van der Waals surface area (Å²) in [6.07, 6.45) is 3.31. The molecule has 0 atom stereocenters. The highest BCUT2D eigenvalue weighted by atomic mass is 16.5. The third-order valence-electron chi connectivity index (χ3n) is 4.96. The number of nitrogens with zero attached hydrogens (tertiary/aromatic N) is 2. The Kier molecular flexibility index (Phi) is 6.57. The molecular formula is C24H27N3O3. The molecule has 0 saturated carbocycles. The Morgan fingerprint density at radius 2 is 1.80 bits per heavy atom. The number of methoxy groups -OCH3 is 2. The zero-order valence-electron chi connectivity index (χ0n) is 18.0. The number of aryl methyl sites for hydroxylation is 2. The van der Waals surface area contributed by atoms with Crippen molar-refractivity contribution in [2.45, 2.75) is 27.3 Å². The first kappa shape index (κ1) is 21.2. The molecule has 0 spiro atoms. The van der Waals surface area contributed by atoms with Crippen LogP contribution in [0.1, 0.15) is 28.1 Å². The van der Waals surface area contributed by atoms with Crippen LogP contribution < -0.4 is 14.8 Å². The average Bonchev–Trinajstić information content (AvgIpc) is 3.01. The maximum atomic E-state index is 12.4. The zero-order valence-corrected chi connectivity index (χ0v) is 18.0. The highest BCUT2D eigenvalue weighted by Gasteiger charge is 2.11. The summed E-state index contributed by atoms with van der Waals surface area (Å²) in [6.45, 7) is 6.72. The van der Waals surface area contributed by atoms with Crippen LogP contribution in [0.2, 0.25) is 0 Å². The monoisotopic (exact) mass is 405 g/mol. The van der Waals surface area contributed by atoms with Crippen LogP contribution in [0, 0.1) is 20.8 Å². The van der Waals surface area contributed by atoms with E-state index >= 15 is 0 Å². The van der Waals surface area contributed by atoms with Crippen molar-refractivity contribution in [3.8, 4) is 11.5 Å². The molecule has 1 N–H and O–H groups in total. The van der Waals surface area contributed by atoms with Crippen LogP contribution in [-0.4, -0.2) is 29.9 Å². The van der Waals surface area contributed by atoms with Crippen LogP contribution >= 0.6 is 0 Å². The third kappa shape index (κ3) is 4.89. The molecule has 6 nitrogen and oxygen atoms in total. The van der Waals surface area contributed by atoms with Gasteiger partial charge in [0.2, 0.25) is 5.91 Å². The Balaban J connectivity index is 1.73. The number of hydrogen-bond donors (Lipinski definition) is 1. The van der Waals surface area contributed by atoms with Crippen molar-refractivity contribution in [1.29, 1.82) is 0 Å². The van der Waals surface area contributed by atoms with Gasteiger partial charge in [-0.15, -0.1) is 0 Å². The van der Waals surface area contributed by atoms with Crippen LogP contribution in [-0.2, 0) is 11.3 Å². The first-order valence-electron chi connectivity index (χ1n) is 9.72. The summed E-state index contributed by atoms with van der Waals surface area (Å²) in [6, 6.07) is 13.7. The van der Waals surface area contributed by atoms with E-state index in [1.807, 2.05) is 18.5 Å². The van der Waals surface area contributed by atoms with Crippen molar-refractivity contribution in [2.75, 3.05) is 19.5 Å². The molecule has 1 heterocycles. The minimum absolute atomic E-state index is 0.247. The Morgan fingerprint density at radius 1 is 1.07 bits per heavy atom. The van der Waals surface area contributed by atoms with E-state index < -0.39 is 0 Å². The summed E-state index contributed by atoms with van der Waals surface area (Å²) in [7, 11) is 3.13. The summed E-state index contributed by atoms with van der Waals surface area (Å²) in [5, 5.41) is 7.48. The molecule has 6 heteroatoms. The molecule has 30 heavy (non-hydrogen) atoms. The van der Waals surface area contributed by atoms with Crippen molar-refractivity contribution < 1.29 is 14.3 Å². The van der Waals surface area contributed by atoms with Gasteiger partial charge in [-0.1, -0.05) is 29.8 Å². The highest BCUT2D eigenvalue weighted by molar-refractivity contribution is 6.03. The second-order valence-corrected chi connectivity index (χ2v) is 7.12. The largest absolute Gasteiger partial charge is 0.497 e. The van der Waals surface area contributed by atoms with E-state index in [1.54, 1.807) is 38.5 Å². The SMILES string of the molecule is COc1ccc(NC(=O)/C=C/c2c(C)nn(Cc3ccc(C)cc3)c2C)c(OC)c1. The standard InChI is InChI=1S/C24H27N3O3/c1-16-6-8-19(9-7-16)15-27-18(3)21(17(2)26-27)11-13-24(28)25-22-12-10-20(29-4)14-23(22)30-5/h6-14H,15H2,1-5H3,(H,25,28)/b13-11+. The molecule has 1 aromatic heterocycles. The minimum atomic E-state index is -0.247. The normalized spacial score (nSPS) is 11.0. The third-order valence-corrected chi connectivity index (χ3v) is 4.96. The van der Waals surface area contributed by atoms with Gasteiger partial charge in [0.25, 0.3) is 0 Å². The lowest BCUT2D eigenvalue weighted by Gasteiger charge is -2.10. The van der Waals surface area contributed by atoms with Gasteiger partial charge in [0.05, 0.1) is 32.1 Å². The van der Waals surface area contributed by atoms with Crippen LogP contribution in [0.3, 0.4) is 0 Å². The van der Waals surface area contributed by atoms with Crippen molar-refractivity contribution >= 4 is 17.7 Å². The van der Waals surface area contributed by atoms with E-state index in [9.17, 15) is 4.79 Å². The number of ether oxygens (including phenoxy) is 2. The maximum Gasteiger partial charge on any atom is 0.248 e. The Hall–Kier alpha value is -3.54. The predicted octanol–water partition coefficient (Wildman–Crippen LogP) is 4.53. The fourth-order valence-corrected chi connectivity index (χ4v) is 3.21. The molecule has 3 rings (SSSR count). The van der Waals surface area contributed by atoms with Gasteiger partial charge in [-0.2, -0.15) is 5.10 Å². The van der Waals surface area contributed by atoms with Crippen molar-refractivity contribution in [3.05, 3.63) is 76.6 Å². The number of rotatable bonds is 7. The fourth-order valence-electron chi connectivity index (χ4n) is 3.21. The molecule has 0 saturated heterocycles. The molecule has 0 radical (unpaired) electrons. The number of amides is 1. The van der Waals surface area contributed by atoms with E-state index in [0.29, 0.717) is 23.7 Å². The highest BCUT2D eigenvalue weighted by Crippen LogP contribution is 2.29. The molecule has 2 aromatic carbocycles. The van der Waals surface area contributed by atoms with Gasteiger partial charge in [-0.05, 0) is 44.5 Å².